The topological polar surface area (TPSA) is 495 Å². The second-order valence-electron chi connectivity index (χ2n) is 35.5. The van der Waals surface area contributed by atoms with Crippen LogP contribution in [0.15, 0.2) is 97.1 Å². The van der Waals surface area contributed by atoms with Crippen molar-refractivity contribution in [1.82, 2.24) is 78.5 Å². The zero-order valence-corrected chi connectivity index (χ0v) is 86.2. The van der Waals surface area contributed by atoms with E-state index in [-0.39, 0.29) is 177 Å². The molecule has 36 heteroatoms. The lowest BCUT2D eigenvalue weighted by Crippen LogP contribution is -2.41. The van der Waals surface area contributed by atoms with Crippen molar-refractivity contribution in [3.8, 4) is 56.5 Å². The minimum absolute atomic E-state index is 0.00492. The van der Waals surface area contributed by atoms with Gasteiger partial charge < -0.3 is 85.3 Å². The van der Waals surface area contributed by atoms with Gasteiger partial charge in [-0.1, -0.05) is 281 Å². The summed E-state index contributed by atoms with van der Waals surface area (Å²) >= 11 is 0. The number of nitrogens with zero attached hydrogens (tertiary/aromatic N) is 6. The summed E-state index contributed by atoms with van der Waals surface area (Å²) in [6.07, 6.45) is 42.2. The minimum Gasteiger partial charge on any atom is -0.494 e. The lowest BCUT2D eigenvalue weighted by Gasteiger charge is -2.13. The van der Waals surface area contributed by atoms with Crippen molar-refractivity contribution in [2.45, 2.75) is 311 Å². The number of carbonyl (C=O) groups is 11. The van der Waals surface area contributed by atoms with Crippen LogP contribution in [0, 0.1) is 11.8 Å². The van der Waals surface area contributed by atoms with Crippen LogP contribution < -0.4 is 46.7 Å². The van der Waals surface area contributed by atoms with Crippen LogP contribution in [0.3, 0.4) is 0 Å². The third-order valence-corrected chi connectivity index (χ3v) is 23.3. The summed E-state index contributed by atoms with van der Waals surface area (Å²) in [5.41, 5.74) is 6.55. The van der Waals surface area contributed by atoms with Crippen LogP contribution in [0.1, 0.15) is 299 Å². The van der Waals surface area contributed by atoms with Gasteiger partial charge >= 0.3 is 11.9 Å². The normalized spacial score (nSPS) is 11.7. The van der Waals surface area contributed by atoms with Crippen molar-refractivity contribution >= 4 is 64.9 Å². The van der Waals surface area contributed by atoms with Gasteiger partial charge in [0.2, 0.25) is 53.0 Å². The molecule has 0 radical (unpaired) electrons. The molecule has 7 amide bonds. The summed E-state index contributed by atoms with van der Waals surface area (Å²) in [6.45, 7) is 19.7. The summed E-state index contributed by atoms with van der Waals surface area (Å²) in [4.78, 5) is 125. The molecule has 11 N–H and O–H groups in total. The molecule has 0 aliphatic heterocycles. The minimum atomic E-state index is -1.19. The van der Waals surface area contributed by atoms with Crippen LogP contribution in [-0.4, -0.2) is 254 Å². The second-order valence-corrected chi connectivity index (χ2v) is 35.5. The first-order chi connectivity index (χ1) is 68.9. The molecule has 0 saturated heterocycles. The number of H-pyrrole nitrogens is 2. The van der Waals surface area contributed by atoms with Crippen molar-refractivity contribution in [3.63, 3.8) is 0 Å². The molecule has 0 aliphatic rings. The molecule has 36 nitrogen and oxygen atoms in total. The van der Waals surface area contributed by atoms with E-state index in [1.54, 1.807) is 20.8 Å². The van der Waals surface area contributed by atoms with E-state index in [9.17, 15) is 52.7 Å². The largest absolute Gasteiger partial charge is 0.494 e. The van der Waals surface area contributed by atoms with Gasteiger partial charge in [0.05, 0.1) is 72.7 Å². The molecule has 0 fully saturated rings. The Balaban J connectivity index is 0.000000490. The van der Waals surface area contributed by atoms with Crippen molar-refractivity contribution in [1.29, 1.82) is 0 Å². The van der Waals surface area contributed by atoms with E-state index in [1.807, 2.05) is 38.1 Å². The maximum Gasteiger partial charge on any atom is 0.326 e. The number of carboxylic acid groups (broad SMARTS) is 2. The zero-order valence-electron chi connectivity index (χ0n) is 86.2. The molecule has 142 heavy (non-hydrogen) atoms. The number of benzene rings is 4. The Morgan fingerprint density at radius 3 is 0.873 bits per heavy atom. The van der Waals surface area contributed by atoms with Gasteiger partial charge in [-0.2, -0.15) is 10.4 Å². The number of aromatic amines is 2. The quantitative estimate of drug-likeness (QED) is 0.0158. The maximum absolute atomic E-state index is 11.8. The number of hydrogen-bond acceptors (Lipinski definition) is 25. The summed E-state index contributed by atoms with van der Waals surface area (Å²) in [5.74, 6) is -1.09. The summed E-state index contributed by atoms with van der Waals surface area (Å²) in [5, 5.41) is 64.3. The molecule has 0 saturated carbocycles. The molecular formula is C106H169N15O21. The number of nitrogens with one attached hydrogen (secondary N) is 9. The molecule has 6 rings (SSSR count). The third-order valence-electron chi connectivity index (χ3n) is 23.3. The molecule has 0 aliphatic carbocycles. The van der Waals surface area contributed by atoms with Crippen LogP contribution in [0.25, 0.3) is 45.0 Å². The fourth-order valence-electron chi connectivity index (χ4n) is 14.4. The molecule has 6 aromatic rings. The van der Waals surface area contributed by atoms with Gasteiger partial charge in [-0.3, -0.25) is 43.2 Å². The Morgan fingerprint density at radius 1 is 0.303 bits per heavy atom. The molecule has 2 aromatic heterocycles. The number of ether oxygens (including phenoxy) is 8. The molecule has 4 aromatic carbocycles. The molecule has 794 valence electrons. The van der Waals surface area contributed by atoms with E-state index in [2.05, 4.69) is 165 Å². The van der Waals surface area contributed by atoms with E-state index in [4.69, 9.17) is 48.1 Å². The highest BCUT2D eigenvalue weighted by Crippen LogP contribution is 2.28. The van der Waals surface area contributed by atoms with E-state index in [0.717, 1.165) is 98.3 Å². The Kier molecular flexibility index (Phi) is 74.4. The standard InChI is InChI=1S/C29H42N4O.C28H50N4O11.C28H40N4O.C21H37N3O8/c1-2-3-4-5-6-7-8-9-10-11-12-13-14-15-24-34-28-22-20-26(21-23-28)25-16-18-27(19-17-25)29-30-32-33-31-29;1-4-24(34)32-23(28(38)39)8-9-25(35)30-11-13-40-15-18-43-20-27(37)31-12-14-41-16-17-42-19-26(36)29-10-6-5-7-21(2)22(3)33;1-2-3-4-5-6-7-8-9-10-11-12-13-14-23-33-27-21-19-25(20-22-27)24-15-17-26(18-16-24)28-29-31-32-30-28;1-15(16(2)25)6-4-5-9-22-20(28)14-32-13-12-31-11-10-23-19(27)8-7-18(21(29)30)24-17(3)26/h16-23H,2-15,24H2,1H3,(H,30,31,32,33);21,23H,4-20H2,1-3H3,(H,29,36)(H,30,35)(H,31,37)(H,32,34)(H,38,39);15-22H,2-14,23H2,1H3,(H,29,30,31,32);15,18H,4-14H2,1-3H3,(H,22,28)(H,23,27)(H,24,26)(H,29,30)/t;21-,23?;;15-,18?/m.0.0/s1. The van der Waals surface area contributed by atoms with Gasteiger partial charge in [-0.25, -0.2) is 9.59 Å². The number of ketones is 2. The fraction of sp³-hybridized carbons (Fsp3) is 0.651. The van der Waals surface area contributed by atoms with Crippen LogP contribution in [-0.2, 0) is 81.2 Å². The van der Waals surface area contributed by atoms with Gasteiger partial charge in [-0.15, -0.1) is 20.4 Å². The van der Waals surface area contributed by atoms with Gasteiger partial charge in [0.15, 0.2) is 0 Å². The van der Waals surface area contributed by atoms with Gasteiger partial charge in [0.1, 0.15) is 55.0 Å². The average Bonchev–Trinajstić information content (AvgIpc) is 1.35. The first-order valence-corrected chi connectivity index (χ1v) is 51.9. The lowest BCUT2D eigenvalue weighted by atomic mass is 10.0. The Bertz CT molecular complexity index is 4270. The van der Waals surface area contributed by atoms with Gasteiger partial charge in [0, 0.05) is 81.9 Å². The number of amides is 7. The van der Waals surface area contributed by atoms with Crippen molar-refractivity contribution in [2.24, 2.45) is 11.8 Å². The van der Waals surface area contributed by atoms with Gasteiger partial charge in [-0.05, 0) is 122 Å². The molecular weight excluding hydrogens is 1820 g/mol. The number of aromatic nitrogens is 8. The lowest BCUT2D eigenvalue weighted by molar-refractivity contribution is -0.142. The van der Waals surface area contributed by atoms with E-state index in [0.29, 0.717) is 31.3 Å². The first-order valence-electron chi connectivity index (χ1n) is 51.9. The zero-order chi connectivity index (χ0) is 103. The summed E-state index contributed by atoms with van der Waals surface area (Å²) in [6, 6.07) is 30.9. The van der Waals surface area contributed by atoms with E-state index < -0.39 is 35.8 Å². The molecule has 2 heterocycles. The predicted octanol–water partition coefficient (Wildman–Crippen LogP) is 16.0. The monoisotopic (exact) mass is 1990 g/mol. The van der Waals surface area contributed by atoms with E-state index >= 15 is 0 Å². The highest BCUT2D eigenvalue weighted by atomic mass is 16.5. The van der Waals surface area contributed by atoms with E-state index in [1.165, 1.54) is 179 Å². The van der Waals surface area contributed by atoms with Crippen molar-refractivity contribution < 1.29 is 101 Å². The predicted molar refractivity (Wildman–Crippen MR) is 548 cm³/mol. The highest BCUT2D eigenvalue weighted by Gasteiger charge is 2.22. The Labute approximate surface area is 842 Å². The van der Waals surface area contributed by atoms with Crippen molar-refractivity contribution in [3.05, 3.63) is 97.1 Å². The van der Waals surface area contributed by atoms with Crippen LogP contribution >= 0.6 is 0 Å². The number of hydrogen-bond donors (Lipinski definition) is 11. The number of tetrazole rings is 2. The highest BCUT2D eigenvalue weighted by molar-refractivity contribution is 5.85. The van der Waals surface area contributed by atoms with Crippen LogP contribution in [0.4, 0.5) is 0 Å². The fourth-order valence-corrected chi connectivity index (χ4v) is 14.4. The Morgan fingerprint density at radius 2 is 0.585 bits per heavy atom. The van der Waals surface area contributed by atoms with Crippen molar-refractivity contribution in [2.75, 3.05) is 125 Å². The summed E-state index contributed by atoms with van der Waals surface area (Å²) < 4.78 is 43.5. The number of Topliss-reactive ketones (excluding diaryl/α,β-unsaturated/α-hetero) is 2. The number of carbonyl (C=O) groups excluding carboxylic acids is 9. The molecule has 2 unspecified atom stereocenters. The first kappa shape index (κ1) is 125. The average molecular weight is 1990 g/mol. The van der Waals surface area contributed by atoms with Crippen LogP contribution in [0.2, 0.25) is 0 Å². The van der Waals surface area contributed by atoms with Gasteiger partial charge in [0.25, 0.3) is 0 Å². The third kappa shape index (κ3) is 67.4. The number of rotatable bonds is 82. The smallest absolute Gasteiger partial charge is 0.326 e. The second kappa shape index (κ2) is 84.5. The number of aliphatic carboxylic acids is 2. The molecule has 0 bridgehead atoms. The summed E-state index contributed by atoms with van der Waals surface area (Å²) in [7, 11) is 0. The molecule has 0 spiro atoms. The Hall–Kier alpha value is -11.1. The number of carboxylic acids is 2. The molecule has 4 atom stereocenters. The van der Waals surface area contributed by atoms with Crippen LogP contribution in [0.5, 0.6) is 11.5 Å². The SMILES string of the molecule is CC(=O)NC(CCC(=O)NCCOCCOCC(=O)NCCCC[C@H](C)C(C)=O)C(=O)O.CCC(=O)NC(CCC(=O)NCCOCCOCC(=O)NCCOCCOCC(=O)NCCCC[C@H](C)C(C)=O)C(=O)O.CCCCCCCCCCCCCCCCOc1ccc(-c2ccc(-c3nn[nH]n3)cc2)cc1.CCCCCCCCCCCCCCCOc1ccc(-c2ccc(-c3nn[nH]n3)cc2)cc1. The maximum atomic E-state index is 11.8. The number of unbranched alkanes of at least 4 members (excludes halogenated alkanes) is 27.